The third kappa shape index (κ3) is 6.83. The standard InChI is InChI=1S/C41H51N3O11Si/c1-23-37(56(3,4)28-16-14-27(53-2)15-17-28)31(20-32(46)43-18-8-11-26(43)22-45)55-41(23)29-12-5-6-13-30(29)44(40(41)52)21-24-9-7-10-25(19-24)42-38(50)36-34(48)33(47)35(49)39(51)54-36/h5-7,9-10,12-17,19,23,26,31,33-37,39,45,47-49,51H,8,11,18,20-22H2,1-4H3,(H,42,50)/t23-,26+,31+,33+,34+,35-,36+,37-,39-,41+/m1/s1. The van der Waals surface area contributed by atoms with E-state index >= 15 is 4.79 Å². The minimum Gasteiger partial charge on any atom is -0.497 e. The monoisotopic (exact) mass is 789 g/mol. The molecule has 3 fully saturated rings. The molecule has 300 valence electrons. The van der Waals surface area contributed by atoms with E-state index in [4.69, 9.17) is 14.2 Å². The lowest BCUT2D eigenvalue weighted by molar-refractivity contribution is -0.274. The number of anilines is 2. The van der Waals surface area contributed by atoms with Gasteiger partial charge in [0.2, 0.25) is 5.91 Å². The van der Waals surface area contributed by atoms with Crippen LogP contribution in [0.5, 0.6) is 5.75 Å². The number of hydrogen-bond donors (Lipinski definition) is 6. The molecule has 3 aromatic rings. The second kappa shape index (κ2) is 15.6. The molecule has 0 aromatic heterocycles. The van der Waals surface area contributed by atoms with Crippen LogP contribution in [0.4, 0.5) is 11.4 Å². The molecule has 4 aliphatic heterocycles. The Hall–Kier alpha value is -4.19. The summed E-state index contributed by atoms with van der Waals surface area (Å²) in [4.78, 5) is 45.7. The van der Waals surface area contributed by atoms with Gasteiger partial charge in [0.25, 0.3) is 11.8 Å². The number of methoxy groups -OCH3 is 1. The van der Waals surface area contributed by atoms with Crippen molar-refractivity contribution < 1.29 is 54.1 Å². The minimum absolute atomic E-state index is 0.0729. The van der Waals surface area contributed by atoms with Crippen LogP contribution in [0.2, 0.25) is 18.6 Å². The molecule has 4 heterocycles. The quantitative estimate of drug-likeness (QED) is 0.163. The summed E-state index contributed by atoms with van der Waals surface area (Å²) in [6.45, 7) is 7.15. The van der Waals surface area contributed by atoms with Gasteiger partial charge in [0.15, 0.2) is 18.0 Å². The van der Waals surface area contributed by atoms with E-state index in [-0.39, 0.29) is 48.9 Å². The van der Waals surface area contributed by atoms with E-state index in [1.165, 1.54) is 0 Å². The molecule has 6 N–H and O–H groups in total. The molecule has 0 unspecified atom stereocenters. The second-order valence-electron chi connectivity index (χ2n) is 15.9. The average molecular weight is 790 g/mol. The summed E-state index contributed by atoms with van der Waals surface area (Å²) in [5.41, 5.74) is 0.812. The zero-order chi connectivity index (χ0) is 40.1. The van der Waals surface area contributed by atoms with Crippen LogP contribution in [0.1, 0.15) is 37.3 Å². The number of benzene rings is 3. The van der Waals surface area contributed by atoms with Crippen molar-refractivity contribution in [3.63, 3.8) is 0 Å². The molecule has 0 radical (unpaired) electrons. The van der Waals surface area contributed by atoms with Crippen LogP contribution in [0.25, 0.3) is 0 Å². The van der Waals surface area contributed by atoms with Gasteiger partial charge in [-0.2, -0.15) is 0 Å². The summed E-state index contributed by atoms with van der Waals surface area (Å²) >= 11 is 0. The molecule has 10 atom stereocenters. The molecule has 3 saturated heterocycles. The summed E-state index contributed by atoms with van der Waals surface area (Å²) in [6.07, 6.45) is -7.85. The summed E-state index contributed by atoms with van der Waals surface area (Å²) in [5, 5.41) is 54.0. The number of carbonyl (C=O) groups is 3. The highest BCUT2D eigenvalue weighted by atomic mass is 28.3. The summed E-state index contributed by atoms with van der Waals surface area (Å²) in [6, 6.07) is 22.1. The van der Waals surface area contributed by atoms with Crippen LogP contribution in [-0.2, 0) is 36.0 Å². The number of likely N-dealkylation sites (tertiary alicyclic amines) is 1. The van der Waals surface area contributed by atoms with E-state index < -0.39 is 56.4 Å². The predicted octanol–water partition coefficient (Wildman–Crippen LogP) is 1.57. The number of aliphatic hydroxyl groups is 5. The van der Waals surface area contributed by atoms with Crippen molar-refractivity contribution in [3.8, 4) is 5.75 Å². The maximum absolute atomic E-state index is 15.2. The number of fused-ring (bicyclic) bond motifs is 2. The van der Waals surface area contributed by atoms with Crippen molar-refractivity contribution in [2.24, 2.45) is 5.92 Å². The highest BCUT2D eigenvalue weighted by molar-refractivity contribution is 6.91. The van der Waals surface area contributed by atoms with Crippen LogP contribution in [0.15, 0.2) is 72.8 Å². The SMILES string of the molecule is COc1ccc([Si](C)(C)[C@H]2[C@H](CC(=O)N3CCC[C@H]3CO)O[C@@]3(C(=O)N(Cc4cccc(NC(=O)[C@H]5O[C@@H](O)[C@H](O)[C@@H](O)[C@@H]5O)c4)c4ccccc43)[C@@H]2C)cc1. The first kappa shape index (κ1) is 40.0. The van der Waals surface area contributed by atoms with E-state index in [9.17, 15) is 35.1 Å². The summed E-state index contributed by atoms with van der Waals surface area (Å²) < 4.78 is 17.7. The average Bonchev–Trinajstić information content (AvgIpc) is 3.86. The number of para-hydroxylation sites is 1. The van der Waals surface area contributed by atoms with E-state index in [1.807, 2.05) is 42.5 Å². The molecule has 3 amide bonds. The van der Waals surface area contributed by atoms with Gasteiger partial charge in [-0.15, -0.1) is 0 Å². The first-order valence-corrected chi connectivity index (χ1v) is 22.2. The Bertz CT molecular complexity index is 1950. The van der Waals surface area contributed by atoms with Crippen molar-refractivity contribution >= 4 is 42.4 Å². The lowest BCUT2D eigenvalue weighted by Crippen LogP contribution is -2.60. The molecule has 1 spiro atoms. The van der Waals surface area contributed by atoms with E-state index in [0.717, 1.165) is 29.3 Å². The van der Waals surface area contributed by atoms with Crippen molar-refractivity contribution in [1.29, 1.82) is 0 Å². The minimum atomic E-state index is -2.52. The smallest absolute Gasteiger partial charge is 0.264 e. The Kier molecular flexibility index (Phi) is 11.2. The summed E-state index contributed by atoms with van der Waals surface area (Å²) in [7, 11) is -0.898. The number of nitrogens with one attached hydrogen (secondary N) is 1. The molecule has 15 heteroatoms. The van der Waals surface area contributed by atoms with Crippen molar-refractivity contribution in [2.45, 2.75) is 99.8 Å². The Morgan fingerprint density at radius 2 is 1.71 bits per heavy atom. The Morgan fingerprint density at radius 1 is 0.982 bits per heavy atom. The van der Waals surface area contributed by atoms with Crippen LogP contribution < -0.4 is 20.1 Å². The van der Waals surface area contributed by atoms with Crippen LogP contribution in [0, 0.1) is 5.92 Å². The molecule has 0 saturated carbocycles. The van der Waals surface area contributed by atoms with Gasteiger partial charge < -0.3 is 54.9 Å². The number of rotatable bonds is 10. The van der Waals surface area contributed by atoms with E-state index in [1.54, 1.807) is 35.1 Å². The molecule has 14 nitrogen and oxygen atoms in total. The highest BCUT2D eigenvalue weighted by Crippen LogP contribution is 2.60. The van der Waals surface area contributed by atoms with Gasteiger partial charge in [-0.1, -0.05) is 67.7 Å². The van der Waals surface area contributed by atoms with Crippen molar-refractivity contribution in [2.75, 3.05) is 30.5 Å². The van der Waals surface area contributed by atoms with Gasteiger partial charge in [-0.25, -0.2) is 0 Å². The molecule has 56 heavy (non-hydrogen) atoms. The number of carbonyl (C=O) groups excluding carboxylic acids is 3. The Balaban J connectivity index is 1.19. The number of ether oxygens (including phenoxy) is 3. The number of amides is 3. The Labute approximate surface area is 326 Å². The van der Waals surface area contributed by atoms with Crippen molar-refractivity contribution in [3.05, 3.63) is 83.9 Å². The topological polar surface area (TPSA) is 199 Å². The maximum atomic E-state index is 15.2. The molecule has 0 aliphatic carbocycles. The molecule has 7 rings (SSSR count). The van der Waals surface area contributed by atoms with Crippen LogP contribution in [-0.4, -0.2) is 119 Å². The van der Waals surface area contributed by atoms with Gasteiger partial charge in [0.1, 0.15) is 24.1 Å². The van der Waals surface area contributed by atoms with Crippen LogP contribution in [0.3, 0.4) is 0 Å². The normalized spacial score (nSPS) is 31.5. The molecular formula is C41H51N3O11Si. The van der Waals surface area contributed by atoms with Gasteiger partial charge in [0, 0.05) is 23.7 Å². The summed E-state index contributed by atoms with van der Waals surface area (Å²) in [5.74, 6) is -0.801. The zero-order valence-corrected chi connectivity index (χ0v) is 32.9. The fraction of sp³-hybridized carbons (Fsp3) is 0.488. The first-order chi connectivity index (χ1) is 26.7. The lowest BCUT2D eigenvalue weighted by Gasteiger charge is -2.37. The van der Waals surface area contributed by atoms with Gasteiger partial charge >= 0.3 is 0 Å². The molecule has 4 aliphatic rings. The number of nitrogens with zero attached hydrogens (tertiary/aromatic N) is 2. The first-order valence-electron chi connectivity index (χ1n) is 19.1. The largest absolute Gasteiger partial charge is 0.497 e. The Morgan fingerprint density at radius 3 is 2.43 bits per heavy atom. The highest BCUT2D eigenvalue weighted by Gasteiger charge is 2.66. The third-order valence-corrected chi connectivity index (χ3v) is 16.8. The molecular weight excluding hydrogens is 739 g/mol. The lowest BCUT2D eigenvalue weighted by atomic mass is 9.82. The maximum Gasteiger partial charge on any atom is 0.264 e. The van der Waals surface area contributed by atoms with Gasteiger partial charge in [-0.3, -0.25) is 14.4 Å². The zero-order valence-electron chi connectivity index (χ0n) is 31.9. The fourth-order valence-electron chi connectivity index (χ4n) is 9.49. The fourth-order valence-corrected chi connectivity index (χ4v) is 13.5. The van der Waals surface area contributed by atoms with Crippen LogP contribution >= 0.6 is 0 Å². The predicted molar refractivity (Wildman–Crippen MR) is 208 cm³/mol. The van der Waals surface area contributed by atoms with Crippen molar-refractivity contribution in [1.82, 2.24) is 4.90 Å². The number of aliphatic hydroxyl groups excluding tert-OH is 5. The second-order valence-corrected chi connectivity index (χ2v) is 20.6. The third-order valence-electron chi connectivity index (χ3n) is 12.4. The molecule has 0 bridgehead atoms. The van der Waals surface area contributed by atoms with Gasteiger partial charge in [0.05, 0.1) is 52.6 Å². The molecule has 3 aromatic carbocycles. The van der Waals surface area contributed by atoms with E-state index in [0.29, 0.717) is 23.5 Å². The number of hydrogen-bond acceptors (Lipinski definition) is 11. The van der Waals surface area contributed by atoms with E-state index in [2.05, 4.69) is 37.5 Å². The van der Waals surface area contributed by atoms with Gasteiger partial charge in [-0.05, 0) is 54.3 Å².